The van der Waals surface area contributed by atoms with E-state index in [1.807, 2.05) is 20.8 Å². The van der Waals surface area contributed by atoms with Gasteiger partial charge in [0.15, 0.2) is 5.41 Å². The van der Waals surface area contributed by atoms with E-state index in [1.54, 1.807) is 13.8 Å². The summed E-state index contributed by atoms with van der Waals surface area (Å²) in [5.41, 5.74) is -1.24. The third-order valence-corrected chi connectivity index (χ3v) is 3.66. The number of carbonyl (C=O) groups is 2. The minimum atomic E-state index is -1.24. The summed E-state index contributed by atoms with van der Waals surface area (Å²) in [7, 11) is 0. The molecule has 0 saturated carbocycles. The quantitative estimate of drug-likeness (QED) is 0.346. The fraction of sp³-hybridized carbons (Fsp3) is 0.882. The molecule has 0 amide bonds. The van der Waals surface area contributed by atoms with Crippen molar-refractivity contribution in [2.24, 2.45) is 11.3 Å². The molecule has 0 aliphatic heterocycles. The molecule has 0 bridgehead atoms. The summed E-state index contributed by atoms with van der Waals surface area (Å²) < 4.78 is 10.7. The topological polar surface area (TPSA) is 52.6 Å². The Morgan fingerprint density at radius 2 is 1.62 bits per heavy atom. The number of hydrogen-bond donors (Lipinski definition) is 0. The van der Waals surface area contributed by atoms with Crippen molar-refractivity contribution in [1.82, 2.24) is 0 Å². The van der Waals surface area contributed by atoms with Crippen LogP contribution in [0.3, 0.4) is 0 Å². The lowest BCUT2D eigenvalue weighted by atomic mass is 9.93. The normalized spacial score (nSPS) is 13.1. The van der Waals surface area contributed by atoms with E-state index >= 15 is 0 Å². The van der Waals surface area contributed by atoms with Crippen LogP contribution in [-0.4, -0.2) is 24.6 Å². The Morgan fingerprint density at radius 1 is 1.00 bits per heavy atom. The predicted molar refractivity (Wildman–Crippen MR) is 83.9 cm³/mol. The molecule has 0 aliphatic carbocycles. The van der Waals surface area contributed by atoms with Crippen LogP contribution in [0.25, 0.3) is 0 Å². The number of hydrogen-bond acceptors (Lipinski definition) is 4. The van der Waals surface area contributed by atoms with Crippen LogP contribution in [0.1, 0.15) is 73.6 Å². The van der Waals surface area contributed by atoms with Crippen molar-refractivity contribution >= 4 is 11.9 Å². The average Bonchev–Trinajstić information content (AvgIpc) is 2.43. The van der Waals surface area contributed by atoms with Crippen molar-refractivity contribution in [2.75, 3.05) is 6.61 Å². The van der Waals surface area contributed by atoms with Gasteiger partial charge in [0.05, 0.1) is 6.61 Å². The highest BCUT2D eigenvalue weighted by atomic mass is 16.6. The van der Waals surface area contributed by atoms with E-state index in [1.165, 1.54) is 0 Å². The highest BCUT2D eigenvalue weighted by Gasteiger charge is 2.40. The first-order chi connectivity index (χ1) is 9.77. The van der Waals surface area contributed by atoms with Crippen LogP contribution in [0.4, 0.5) is 0 Å². The van der Waals surface area contributed by atoms with Gasteiger partial charge in [-0.2, -0.15) is 0 Å². The summed E-state index contributed by atoms with van der Waals surface area (Å²) in [4.78, 5) is 24.2. The van der Waals surface area contributed by atoms with Crippen molar-refractivity contribution in [3.63, 3.8) is 0 Å². The zero-order valence-corrected chi connectivity index (χ0v) is 14.5. The Balaban J connectivity index is 4.36. The zero-order valence-electron chi connectivity index (χ0n) is 14.5. The van der Waals surface area contributed by atoms with Gasteiger partial charge in [-0.25, -0.2) is 0 Å². The predicted octanol–water partition coefficient (Wildman–Crippen LogP) is 4.11. The SMILES string of the molecule is CCCCCCOC(=O)C(C)(C)C(=O)OC(CC)C(C)C. The number of carbonyl (C=O) groups excluding carboxylic acids is 2. The van der Waals surface area contributed by atoms with Gasteiger partial charge in [-0.1, -0.05) is 47.0 Å². The molecule has 0 saturated heterocycles. The maximum atomic E-state index is 12.2. The second kappa shape index (κ2) is 9.80. The van der Waals surface area contributed by atoms with E-state index in [4.69, 9.17) is 9.47 Å². The fourth-order valence-electron chi connectivity index (χ4n) is 1.93. The second-order valence-electron chi connectivity index (χ2n) is 6.42. The van der Waals surface area contributed by atoms with Gasteiger partial charge < -0.3 is 9.47 Å². The summed E-state index contributed by atoms with van der Waals surface area (Å²) in [6.45, 7) is 11.6. The minimum absolute atomic E-state index is 0.158. The fourth-order valence-corrected chi connectivity index (χ4v) is 1.93. The molecule has 0 N–H and O–H groups in total. The van der Waals surface area contributed by atoms with E-state index in [0.717, 1.165) is 32.1 Å². The molecular weight excluding hydrogens is 268 g/mol. The smallest absolute Gasteiger partial charge is 0.323 e. The first-order valence-electron chi connectivity index (χ1n) is 8.15. The van der Waals surface area contributed by atoms with Crippen molar-refractivity contribution in [3.05, 3.63) is 0 Å². The molecule has 4 heteroatoms. The van der Waals surface area contributed by atoms with Crippen LogP contribution in [0.15, 0.2) is 0 Å². The van der Waals surface area contributed by atoms with Gasteiger partial charge in [-0.15, -0.1) is 0 Å². The first kappa shape index (κ1) is 19.9. The Labute approximate surface area is 129 Å². The van der Waals surface area contributed by atoms with E-state index in [9.17, 15) is 9.59 Å². The highest BCUT2D eigenvalue weighted by Crippen LogP contribution is 2.23. The highest BCUT2D eigenvalue weighted by molar-refractivity contribution is 5.99. The molecule has 0 aromatic heterocycles. The number of esters is 2. The molecule has 124 valence electrons. The molecule has 0 fully saturated rings. The minimum Gasteiger partial charge on any atom is -0.465 e. The molecule has 1 unspecified atom stereocenters. The average molecular weight is 300 g/mol. The van der Waals surface area contributed by atoms with Gasteiger partial charge in [-0.05, 0) is 32.6 Å². The molecule has 0 heterocycles. The molecule has 0 aromatic rings. The molecular formula is C17H32O4. The Bertz CT molecular complexity index is 321. The number of ether oxygens (including phenoxy) is 2. The van der Waals surface area contributed by atoms with E-state index < -0.39 is 17.4 Å². The lowest BCUT2D eigenvalue weighted by Crippen LogP contribution is -2.39. The molecule has 1 atom stereocenters. The monoisotopic (exact) mass is 300 g/mol. The first-order valence-corrected chi connectivity index (χ1v) is 8.15. The maximum absolute atomic E-state index is 12.2. The third kappa shape index (κ3) is 6.96. The number of unbranched alkanes of at least 4 members (excludes halogenated alkanes) is 3. The lowest BCUT2D eigenvalue weighted by molar-refractivity contribution is -0.174. The van der Waals surface area contributed by atoms with Gasteiger partial charge in [-0.3, -0.25) is 9.59 Å². The summed E-state index contributed by atoms with van der Waals surface area (Å²) in [5.74, 6) is -0.760. The van der Waals surface area contributed by atoms with E-state index in [0.29, 0.717) is 6.61 Å². The maximum Gasteiger partial charge on any atom is 0.323 e. The van der Waals surface area contributed by atoms with E-state index in [-0.39, 0.29) is 12.0 Å². The molecule has 21 heavy (non-hydrogen) atoms. The third-order valence-electron chi connectivity index (χ3n) is 3.66. The molecule has 0 spiro atoms. The van der Waals surface area contributed by atoms with Crippen molar-refractivity contribution in [3.8, 4) is 0 Å². The molecule has 0 rings (SSSR count). The van der Waals surface area contributed by atoms with Crippen LogP contribution in [0.5, 0.6) is 0 Å². The van der Waals surface area contributed by atoms with Gasteiger partial charge >= 0.3 is 11.9 Å². The summed E-state index contributed by atoms with van der Waals surface area (Å²) >= 11 is 0. The Morgan fingerprint density at radius 3 is 2.10 bits per heavy atom. The Kier molecular flexibility index (Phi) is 9.31. The van der Waals surface area contributed by atoms with Crippen LogP contribution in [0, 0.1) is 11.3 Å². The van der Waals surface area contributed by atoms with Crippen molar-refractivity contribution in [2.45, 2.75) is 79.8 Å². The standard InChI is InChI=1S/C17H32O4/c1-7-9-10-11-12-20-15(18)17(5,6)16(19)21-14(8-2)13(3)4/h13-14H,7-12H2,1-6H3. The summed E-state index contributed by atoms with van der Waals surface area (Å²) in [6.07, 6.45) is 4.74. The lowest BCUT2D eigenvalue weighted by Gasteiger charge is -2.26. The number of rotatable bonds is 10. The molecule has 0 radical (unpaired) electrons. The zero-order chi connectivity index (χ0) is 16.5. The van der Waals surface area contributed by atoms with Gasteiger partial charge in [0, 0.05) is 0 Å². The van der Waals surface area contributed by atoms with Crippen LogP contribution >= 0.6 is 0 Å². The molecule has 0 aliphatic rings. The largest absolute Gasteiger partial charge is 0.465 e. The second-order valence-corrected chi connectivity index (χ2v) is 6.42. The summed E-state index contributed by atoms with van der Waals surface area (Å²) in [6, 6.07) is 0. The van der Waals surface area contributed by atoms with E-state index in [2.05, 4.69) is 6.92 Å². The molecule has 4 nitrogen and oxygen atoms in total. The van der Waals surface area contributed by atoms with Crippen molar-refractivity contribution < 1.29 is 19.1 Å². The molecule has 0 aromatic carbocycles. The van der Waals surface area contributed by atoms with Gasteiger partial charge in [0.25, 0.3) is 0 Å². The van der Waals surface area contributed by atoms with Crippen LogP contribution in [-0.2, 0) is 19.1 Å². The summed E-state index contributed by atoms with van der Waals surface area (Å²) in [5, 5.41) is 0. The van der Waals surface area contributed by atoms with Crippen LogP contribution < -0.4 is 0 Å². The Hall–Kier alpha value is -1.06. The van der Waals surface area contributed by atoms with Crippen molar-refractivity contribution in [1.29, 1.82) is 0 Å². The van der Waals surface area contributed by atoms with Gasteiger partial charge in [0.2, 0.25) is 0 Å². The van der Waals surface area contributed by atoms with Crippen LogP contribution in [0.2, 0.25) is 0 Å². The van der Waals surface area contributed by atoms with Gasteiger partial charge in [0.1, 0.15) is 6.10 Å².